The number of aliphatic imine (C=N–C) groups is 1. The summed E-state index contributed by atoms with van der Waals surface area (Å²) in [4.78, 5) is 24.8. The van der Waals surface area contributed by atoms with Crippen LogP contribution in [0.5, 0.6) is 0 Å². The van der Waals surface area contributed by atoms with Crippen molar-refractivity contribution >= 4 is 29.4 Å². The van der Waals surface area contributed by atoms with Crippen LogP contribution in [-0.4, -0.2) is 21.9 Å². The molecular formula is C6H5NO3S. The molecule has 5 heteroatoms. The summed E-state index contributed by atoms with van der Waals surface area (Å²) in [7, 11) is 0. The first-order chi connectivity index (χ1) is 5.13. The molecule has 1 heterocycles. The first-order valence-corrected chi connectivity index (χ1v) is 3.27. The number of nitrogens with zero attached hydrogens (tertiary/aromatic N) is 1. The zero-order chi connectivity index (χ0) is 8.43. The minimum Gasteiger partial charge on any atom is -0.480 e. The third-order valence-electron chi connectivity index (χ3n) is 1.24. The lowest BCUT2D eigenvalue weighted by Crippen LogP contribution is -2.29. The van der Waals surface area contributed by atoms with Gasteiger partial charge in [-0.1, -0.05) is 0 Å². The van der Waals surface area contributed by atoms with Crippen LogP contribution in [0.4, 0.5) is 0 Å². The molecule has 0 bridgehead atoms. The number of carbonyl (C=O) groups excluding carboxylic acids is 1. The van der Waals surface area contributed by atoms with Gasteiger partial charge in [0, 0.05) is 12.3 Å². The number of aliphatic carboxylic acids is 1. The minimum atomic E-state index is -1.21. The minimum absolute atomic E-state index is 0.0324. The Morgan fingerprint density at radius 2 is 2.36 bits per heavy atom. The van der Waals surface area contributed by atoms with E-state index in [1.807, 2.05) is 0 Å². The summed E-state index contributed by atoms with van der Waals surface area (Å²) < 4.78 is 0. The van der Waals surface area contributed by atoms with Gasteiger partial charge in [-0.15, -0.1) is 12.6 Å². The van der Waals surface area contributed by atoms with Crippen LogP contribution in [0.15, 0.2) is 17.3 Å². The smallest absolute Gasteiger partial charge is 0.321 e. The van der Waals surface area contributed by atoms with Crippen LogP contribution in [-0.2, 0) is 9.59 Å². The second kappa shape index (κ2) is 2.87. The Labute approximate surface area is 68.0 Å². The summed E-state index contributed by atoms with van der Waals surface area (Å²) in [5.41, 5.74) is 0. The molecule has 0 amide bonds. The van der Waals surface area contributed by atoms with E-state index in [0.29, 0.717) is 0 Å². The quantitative estimate of drug-likeness (QED) is 0.434. The fourth-order valence-corrected chi connectivity index (χ4v) is 1.02. The fraction of sp³-hybridized carbons (Fsp3) is 0.167. The highest BCUT2D eigenvalue weighted by Gasteiger charge is 2.29. The van der Waals surface area contributed by atoms with Gasteiger partial charge in [-0.05, 0) is 0 Å². The Morgan fingerprint density at radius 3 is 2.73 bits per heavy atom. The lowest BCUT2D eigenvalue weighted by Gasteiger charge is -2.09. The van der Waals surface area contributed by atoms with Crippen LogP contribution in [0.1, 0.15) is 0 Å². The highest BCUT2D eigenvalue weighted by Crippen LogP contribution is 2.11. The van der Waals surface area contributed by atoms with Crippen molar-refractivity contribution < 1.29 is 14.7 Å². The van der Waals surface area contributed by atoms with E-state index in [1.54, 1.807) is 0 Å². The van der Waals surface area contributed by atoms with Crippen LogP contribution in [0.3, 0.4) is 0 Å². The Morgan fingerprint density at radius 1 is 1.73 bits per heavy atom. The molecule has 0 aromatic rings. The Bertz CT molecular complexity index is 269. The van der Waals surface area contributed by atoms with Crippen LogP contribution in [0.25, 0.3) is 0 Å². The van der Waals surface area contributed by atoms with Crippen molar-refractivity contribution in [3.05, 3.63) is 12.3 Å². The highest BCUT2D eigenvalue weighted by molar-refractivity contribution is 7.97. The summed E-state index contributed by atoms with van der Waals surface area (Å²) in [5.74, 6) is -2.91. The van der Waals surface area contributed by atoms with Gasteiger partial charge in [0.05, 0.1) is 5.04 Å². The molecule has 0 fully saturated rings. The van der Waals surface area contributed by atoms with Crippen LogP contribution in [0, 0.1) is 5.92 Å². The number of carboxylic acids is 1. The van der Waals surface area contributed by atoms with E-state index in [4.69, 9.17) is 5.11 Å². The van der Waals surface area contributed by atoms with Gasteiger partial charge < -0.3 is 5.11 Å². The number of carboxylic acid groups (broad SMARTS) is 1. The van der Waals surface area contributed by atoms with Crippen LogP contribution < -0.4 is 0 Å². The molecule has 58 valence electrons. The lowest BCUT2D eigenvalue weighted by molar-refractivity contribution is -0.142. The molecule has 0 aromatic carbocycles. The lowest BCUT2D eigenvalue weighted by atomic mass is 10.0. The SMILES string of the molecule is O=C(O)C1C(=O)C=CN=C1S. The number of hydrogen-bond acceptors (Lipinski definition) is 3. The van der Waals surface area contributed by atoms with E-state index < -0.39 is 17.7 Å². The first-order valence-electron chi connectivity index (χ1n) is 2.83. The maximum Gasteiger partial charge on any atom is 0.321 e. The number of rotatable bonds is 1. The summed E-state index contributed by atoms with van der Waals surface area (Å²) in [6.07, 6.45) is 2.36. The van der Waals surface area contributed by atoms with E-state index in [2.05, 4.69) is 17.6 Å². The predicted octanol–water partition coefficient (Wildman–Crippen LogP) is 0.112. The molecule has 1 atom stereocenters. The second-order valence-electron chi connectivity index (χ2n) is 1.98. The molecule has 0 saturated carbocycles. The summed E-state index contributed by atoms with van der Waals surface area (Å²) >= 11 is 3.75. The number of thiol groups is 1. The number of carbonyl (C=O) groups is 2. The molecule has 0 aliphatic carbocycles. The van der Waals surface area contributed by atoms with Crippen molar-refractivity contribution in [3.8, 4) is 0 Å². The summed E-state index contributed by atoms with van der Waals surface area (Å²) in [5, 5.41) is 8.53. The van der Waals surface area contributed by atoms with Gasteiger partial charge in [0.15, 0.2) is 11.7 Å². The Hall–Kier alpha value is -1.10. The fourth-order valence-electron chi connectivity index (χ4n) is 0.717. The van der Waals surface area contributed by atoms with Gasteiger partial charge >= 0.3 is 5.97 Å². The van der Waals surface area contributed by atoms with Crippen LogP contribution in [0.2, 0.25) is 0 Å². The molecule has 0 spiro atoms. The van der Waals surface area contributed by atoms with Gasteiger partial charge in [0.2, 0.25) is 0 Å². The highest BCUT2D eigenvalue weighted by atomic mass is 32.1. The van der Waals surface area contributed by atoms with Crippen molar-refractivity contribution in [2.24, 2.45) is 10.9 Å². The molecule has 1 aliphatic rings. The molecule has 0 radical (unpaired) electrons. The van der Waals surface area contributed by atoms with Crippen molar-refractivity contribution in [1.82, 2.24) is 0 Å². The number of hydrogen-bond donors (Lipinski definition) is 2. The standard InChI is InChI=1S/C6H5NO3S/c8-3-1-2-7-5(11)4(3)6(9)10/h1-2,4H,(H,7,11)(H,9,10). The third-order valence-corrected chi connectivity index (χ3v) is 1.61. The Kier molecular flexibility index (Phi) is 2.09. The van der Waals surface area contributed by atoms with Crippen molar-refractivity contribution in [3.63, 3.8) is 0 Å². The normalized spacial score (nSPS) is 23.2. The first kappa shape index (κ1) is 8.00. The van der Waals surface area contributed by atoms with Crippen molar-refractivity contribution in [1.29, 1.82) is 0 Å². The monoisotopic (exact) mass is 171 g/mol. The molecule has 1 unspecified atom stereocenters. The molecule has 1 rings (SSSR count). The number of ketones is 1. The van der Waals surface area contributed by atoms with E-state index in [-0.39, 0.29) is 5.04 Å². The van der Waals surface area contributed by atoms with Crippen molar-refractivity contribution in [2.45, 2.75) is 0 Å². The van der Waals surface area contributed by atoms with Gasteiger partial charge in [0.25, 0.3) is 0 Å². The van der Waals surface area contributed by atoms with E-state index in [9.17, 15) is 9.59 Å². The van der Waals surface area contributed by atoms with Gasteiger partial charge in [-0.3, -0.25) is 14.6 Å². The topological polar surface area (TPSA) is 66.7 Å². The average molecular weight is 171 g/mol. The molecule has 11 heavy (non-hydrogen) atoms. The van der Waals surface area contributed by atoms with Crippen LogP contribution >= 0.6 is 12.6 Å². The average Bonchev–Trinajstić information content (AvgIpc) is 1.85. The van der Waals surface area contributed by atoms with Gasteiger partial charge in [-0.25, -0.2) is 0 Å². The summed E-state index contributed by atoms with van der Waals surface area (Å²) in [6.45, 7) is 0. The van der Waals surface area contributed by atoms with E-state index in [0.717, 1.165) is 6.08 Å². The van der Waals surface area contributed by atoms with E-state index >= 15 is 0 Å². The maximum absolute atomic E-state index is 10.8. The molecule has 1 N–H and O–H groups in total. The second-order valence-corrected chi connectivity index (χ2v) is 2.43. The molecule has 4 nitrogen and oxygen atoms in total. The Balaban J connectivity index is 2.95. The molecular weight excluding hydrogens is 166 g/mol. The van der Waals surface area contributed by atoms with Crippen molar-refractivity contribution in [2.75, 3.05) is 0 Å². The maximum atomic E-state index is 10.8. The zero-order valence-corrected chi connectivity index (χ0v) is 6.28. The van der Waals surface area contributed by atoms with Gasteiger partial charge in [0.1, 0.15) is 0 Å². The summed E-state index contributed by atoms with van der Waals surface area (Å²) in [6, 6.07) is 0. The third kappa shape index (κ3) is 1.48. The largest absolute Gasteiger partial charge is 0.480 e. The molecule has 0 aromatic heterocycles. The molecule has 1 aliphatic heterocycles. The number of allylic oxidation sites excluding steroid dienone is 1. The predicted molar refractivity (Wildman–Crippen MR) is 41.7 cm³/mol. The zero-order valence-electron chi connectivity index (χ0n) is 5.39. The molecule has 0 saturated heterocycles. The van der Waals surface area contributed by atoms with Gasteiger partial charge in [-0.2, -0.15) is 0 Å². The van der Waals surface area contributed by atoms with E-state index in [1.165, 1.54) is 6.20 Å².